The third-order valence-electron chi connectivity index (χ3n) is 5.46. The first-order valence-corrected chi connectivity index (χ1v) is 10.1. The number of hydrogen-bond acceptors (Lipinski definition) is 5. The minimum Gasteiger partial charge on any atom is -0.438 e. The summed E-state index contributed by atoms with van der Waals surface area (Å²) in [5.41, 5.74) is 10.1. The minimum absolute atomic E-state index is 0.432. The van der Waals surface area contributed by atoms with Crippen LogP contribution >= 0.6 is 11.6 Å². The summed E-state index contributed by atoms with van der Waals surface area (Å²) in [5.74, 6) is 1.31. The van der Waals surface area contributed by atoms with Crippen LogP contribution in [0.2, 0.25) is 5.02 Å². The molecule has 1 aliphatic heterocycles. The lowest BCUT2D eigenvalue weighted by Gasteiger charge is -2.35. The van der Waals surface area contributed by atoms with Gasteiger partial charge in [0, 0.05) is 60.2 Å². The van der Waals surface area contributed by atoms with Gasteiger partial charge in [-0.25, -0.2) is 4.98 Å². The predicted molar refractivity (Wildman–Crippen MR) is 116 cm³/mol. The summed E-state index contributed by atoms with van der Waals surface area (Å²) in [5, 5.41) is 0.579. The number of anilines is 1. The van der Waals surface area contributed by atoms with Gasteiger partial charge in [0.15, 0.2) is 0 Å². The van der Waals surface area contributed by atoms with E-state index in [0.717, 1.165) is 42.6 Å². The summed E-state index contributed by atoms with van der Waals surface area (Å²) in [7, 11) is 2.13. The van der Waals surface area contributed by atoms with E-state index in [9.17, 15) is 0 Å². The van der Waals surface area contributed by atoms with Crippen molar-refractivity contribution in [3.8, 4) is 11.6 Å². The zero-order valence-corrected chi connectivity index (χ0v) is 17.0. The largest absolute Gasteiger partial charge is 0.438 e. The standard InChI is InChI=1S/C22H25ClN4O/c1-14-3-7-19-20(27(14)2)9-8-18(15(11-24)12-25-17-5-6-17)22(19)28-21-10-4-16(23)13-26-21/h4,8-14,17H,3,5-7,24H2,1-2H3. The van der Waals surface area contributed by atoms with E-state index in [1.165, 1.54) is 11.3 Å². The van der Waals surface area contributed by atoms with Gasteiger partial charge in [-0.05, 0) is 50.8 Å². The fourth-order valence-corrected chi connectivity index (χ4v) is 3.57. The summed E-state index contributed by atoms with van der Waals surface area (Å²) < 4.78 is 6.30. The van der Waals surface area contributed by atoms with Gasteiger partial charge in [-0.15, -0.1) is 0 Å². The van der Waals surface area contributed by atoms with Crippen molar-refractivity contribution in [1.29, 1.82) is 0 Å². The normalized spacial score (nSPS) is 19.8. The smallest absolute Gasteiger partial charge is 0.219 e. The highest BCUT2D eigenvalue weighted by molar-refractivity contribution is 6.30. The van der Waals surface area contributed by atoms with Crippen LogP contribution < -0.4 is 15.4 Å². The molecule has 1 fully saturated rings. The molecule has 1 aromatic heterocycles. The molecular weight excluding hydrogens is 372 g/mol. The molecule has 0 spiro atoms. The lowest BCUT2D eigenvalue weighted by atomic mass is 9.92. The Kier molecular flexibility index (Phi) is 5.27. The topological polar surface area (TPSA) is 63.7 Å². The van der Waals surface area contributed by atoms with Crippen molar-refractivity contribution in [3.05, 3.63) is 52.8 Å². The van der Waals surface area contributed by atoms with E-state index < -0.39 is 0 Å². The molecule has 146 valence electrons. The summed E-state index contributed by atoms with van der Waals surface area (Å²) in [6.45, 7) is 2.24. The fourth-order valence-electron chi connectivity index (χ4n) is 3.46. The van der Waals surface area contributed by atoms with Gasteiger partial charge in [-0.3, -0.25) is 4.99 Å². The second-order valence-corrected chi connectivity index (χ2v) is 7.92. The second-order valence-electron chi connectivity index (χ2n) is 7.49. The van der Waals surface area contributed by atoms with Gasteiger partial charge in [-0.2, -0.15) is 0 Å². The average Bonchev–Trinajstić information content (AvgIpc) is 3.52. The summed E-state index contributed by atoms with van der Waals surface area (Å²) in [6, 6.07) is 8.70. The second kappa shape index (κ2) is 7.84. The van der Waals surface area contributed by atoms with Crippen LogP contribution in [0, 0.1) is 0 Å². The van der Waals surface area contributed by atoms with Crippen LogP contribution in [0.4, 0.5) is 5.69 Å². The van der Waals surface area contributed by atoms with Crippen LogP contribution in [0.15, 0.2) is 41.7 Å². The molecule has 1 saturated carbocycles. The number of halogens is 1. The van der Waals surface area contributed by atoms with Crippen molar-refractivity contribution in [2.45, 2.75) is 44.7 Å². The fraction of sp³-hybridized carbons (Fsp3) is 0.364. The molecule has 2 aromatic rings. The highest BCUT2D eigenvalue weighted by Gasteiger charge is 2.26. The lowest BCUT2D eigenvalue weighted by Crippen LogP contribution is -2.33. The number of ether oxygens (including phenoxy) is 1. The molecule has 1 unspecified atom stereocenters. The van der Waals surface area contributed by atoms with E-state index >= 15 is 0 Å². The number of hydrogen-bond donors (Lipinski definition) is 1. The number of pyridine rings is 1. The van der Waals surface area contributed by atoms with Gasteiger partial charge < -0.3 is 15.4 Å². The zero-order valence-electron chi connectivity index (χ0n) is 16.2. The maximum Gasteiger partial charge on any atom is 0.219 e. The lowest BCUT2D eigenvalue weighted by molar-refractivity contribution is 0.450. The third-order valence-corrected chi connectivity index (χ3v) is 5.68. The Morgan fingerprint density at radius 1 is 1.29 bits per heavy atom. The van der Waals surface area contributed by atoms with E-state index in [1.807, 2.05) is 6.21 Å². The Balaban J connectivity index is 1.79. The molecule has 2 aliphatic rings. The number of aliphatic imine (C=N–C) groups is 1. The molecular formula is C22H25ClN4O. The monoisotopic (exact) mass is 396 g/mol. The molecule has 1 aliphatic carbocycles. The first-order valence-electron chi connectivity index (χ1n) is 9.70. The molecule has 4 rings (SSSR count). The number of aromatic nitrogens is 1. The van der Waals surface area contributed by atoms with Crippen LogP contribution in [-0.2, 0) is 6.42 Å². The quantitative estimate of drug-likeness (QED) is 0.735. The number of fused-ring (bicyclic) bond motifs is 1. The maximum absolute atomic E-state index is 6.30. The van der Waals surface area contributed by atoms with Gasteiger partial charge in [0.2, 0.25) is 5.88 Å². The first kappa shape index (κ1) is 18.8. The first-order chi connectivity index (χ1) is 13.6. The van der Waals surface area contributed by atoms with Crippen LogP contribution in [0.5, 0.6) is 11.6 Å². The molecule has 0 radical (unpaired) electrons. The van der Waals surface area contributed by atoms with Gasteiger partial charge in [0.05, 0.1) is 11.1 Å². The van der Waals surface area contributed by atoms with Crippen LogP contribution in [0.1, 0.15) is 37.3 Å². The summed E-state index contributed by atoms with van der Waals surface area (Å²) in [6.07, 6.45) is 9.37. The number of rotatable bonds is 5. The molecule has 5 nitrogen and oxygen atoms in total. The van der Waals surface area contributed by atoms with Gasteiger partial charge in [-0.1, -0.05) is 11.6 Å². The summed E-state index contributed by atoms with van der Waals surface area (Å²) in [4.78, 5) is 11.2. The van der Waals surface area contributed by atoms with E-state index in [2.05, 4.69) is 41.0 Å². The Morgan fingerprint density at radius 3 is 2.79 bits per heavy atom. The van der Waals surface area contributed by atoms with Crippen molar-refractivity contribution < 1.29 is 4.74 Å². The number of allylic oxidation sites excluding steroid dienone is 1. The van der Waals surface area contributed by atoms with Gasteiger partial charge in [0.25, 0.3) is 0 Å². The maximum atomic E-state index is 6.30. The highest BCUT2D eigenvalue weighted by Crippen LogP contribution is 2.42. The van der Waals surface area contributed by atoms with E-state index in [1.54, 1.807) is 24.5 Å². The predicted octanol–water partition coefficient (Wildman–Crippen LogP) is 4.83. The molecule has 0 saturated heterocycles. The van der Waals surface area contributed by atoms with Crippen LogP contribution in [-0.4, -0.2) is 30.3 Å². The third kappa shape index (κ3) is 3.85. The van der Waals surface area contributed by atoms with Gasteiger partial charge >= 0.3 is 0 Å². The Labute approximate surface area is 170 Å². The molecule has 28 heavy (non-hydrogen) atoms. The van der Waals surface area contributed by atoms with Crippen LogP contribution in [0.25, 0.3) is 5.57 Å². The highest BCUT2D eigenvalue weighted by atomic mass is 35.5. The Bertz CT molecular complexity index is 919. The SMILES string of the molecule is CC1CCc2c(ccc(C(C=NC3CC3)=CN)c2Oc2ccc(Cl)cn2)N1C. The Hall–Kier alpha value is -2.53. The molecule has 0 bridgehead atoms. The molecule has 1 atom stereocenters. The number of benzene rings is 1. The number of nitrogens with zero attached hydrogens (tertiary/aromatic N) is 3. The molecule has 2 heterocycles. The molecule has 6 heteroatoms. The van der Waals surface area contributed by atoms with E-state index in [-0.39, 0.29) is 0 Å². The molecule has 2 N–H and O–H groups in total. The van der Waals surface area contributed by atoms with Crippen molar-refractivity contribution in [2.75, 3.05) is 11.9 Å². The average molecular weight is 397 g/mol. The molecule has 1 aromatic carbocycles. The van der Waals surface area contributed by atoms with Crippen molar-refractivity contribution in [3.63, 3.8) is 0 Å². The zero-order chi connectivity index (χ0) is 19.7. The van der Waals surface area contributed by atoms with Crippen molar-refractivity contribution in [1.82, 2.24) is 4.98 Å². The van der Waals surface area contributed by atoms with Gasteiger partial charge in [0.1, 0.15) is 5.75 Å². The summed E-state index contributed by atoms with van der Waals surface area (Å²) >= 11 is 5.98. The minimum atomic E-state index is 0.432. The van der Waals surface area contributed by atoms with Crippen molar-refractivity contribution in [2.24, 2.45) is 10.7 Å². The Morgan fingerprint density at radius 2 is 2.11 bits per heavy atom. The van der Waals surface area contributed by atoms with Crippen molar-refractivity contribution >= 4 is 29.1 Å². The van der Waals surface area contributed by atoms with E-state index in [0.29, 0.717) is 23.0 Å². The van der Waals surface area contributed by atoms with E-state index in [4.69, 9.17) is 22.1 Å². The van der Waals surface area contributed by atoms with Crippen LogP contribution in [0.3, 0.4) is 0 Å². The number of nitrogens with two attached hydrogens (primary N) is 1. The molecule has 0 amide bonds.